The fourth-order valence-corrected chi connectivity index (χ4v) is 1.55. The van der Waals surface area contributed by atoms with E-state index in [1.165, 1.54) is 5.56 Å². The molecule has 1 atom stereocenters. The normalized spacial score (nSPS) is 11.3. The summed E-state index contributed by atoms with van der Waals surface area (Å²) in [6.07, 6.45) is 0. The molecular weight excluding hydrogens is 264 g/mol. The summed E-state index contributed by atoms with van der Waals surface area (Å²) in [6.45, 7) is 5.63. The molecule has 0 fully saturated rings. The zero-order valence-corrected chi connectivity index (χ0v) is 12.5. The van der Waals surface area contributed by atoms with Gasteiger partial charge in [0.1, 0.15) is 12.4 Å². The van der Waals surface area contributed by atoms with E-state index in [0.717, 1.165) is 5.75 Å². The molecule has 1 aromatic carbocycles. The number of hydrogen-bond donors (Lipinski definition) is 2. The lowest BCUT2D eigenvalue weighted by Gasteiger charge is -2.12. The molecule has 0 saturated carbocycles. The molecule has 4 nitrogen and oxygen atoms in total. The third kappa shape index (κ3) is 7.03. The average molecular weight is 287 g/mol. The van der Waals surface area contributed by atoms with Gasteiger partial charge < -0.3 is 15.4 Å². The molecule has 1 aromatic rings. The molecule has 0 spiro atoms. The van der Waals surface area contributed by atoms with Crippen molar-refractivity contribution in [1.29, 1.82) is 0 Å². The fourth-order valence-electron chi connectivity index (χ4n) is 1.55. The van der Waals surface area contributed by atoms with E-state index in [9.17, 15) is 4.79 Å². The van der Waals surface area contributed by atoms with Crippen molar-refractivity contribution in [2.24, 2.45) is 5.92 Å². The molecule has 1 amide bonds. The van der Waals surface area contributed by atoms with E-state index in [4.69, 9.17) is 4.74 Å². The summed E-state index contributed by atoms with van der Waals surface area (Å²) in [5, 5.41) is 5.82. The molecule has 0 aliphatic carbocycles. The molecule has 1 unspecified atom stereocenters. The average Bonchev–Trinajstić information content (AvgIpc) is 2.36. The van der Waals surface area contributed by atoms with Gasteiger partial charge in [-0.05, 0) is 26.1 Å². The SMILES string of the molecule is CNCC(C)C(=O)NCCOc1ccc(C)cc1.Cl. The van der Waals surface area contributed by atoms with Gasteiger partial charge in [0.05, 0.1) is 6.54 Å². The monoisotopic (exact) mass is 286 g/mol. The summed E-state index contributed by atoms with van der Waals surface area (Å²) < 4.78 is 5.52. The maximum absolute atomic E-state index is 11.6. The number of benzene rings is 1. The van der Waals surface area contributed by atoms with Gasteiger partial charge in [-0.25, -0.2) is 0 Å². The Morgan fingerprint density at radius 2 is 1.95 bits per heavy atom. The number of nitrogens with one attached hydrogen (secondary N) is 2. The second-order valence-corrected chi connectivity index (χ2v) is 4.41. The topological polar surface area (TPSA) is 50.4 Å². The summed E-state index contributed by atoms with van der Waals surface area (Å²) in [5.41, 5.74) is 1.21. The van der Waals surface area contributed by atoms with Crippen LogP contribution in [0.25, 0.3) is 0 Å². The van der Waals surface area contributed by atoms with Gasteiger partial charge >= 0.3 is 0 Å². The first-order valence-electron chi connectivity index (χ1n) is 6.25. The van der Waals surface area contributed by atoms with Crippen LogP contribution in [-0.2, 0) is 4.79 Å². The third-order valence-corrected chi connectivity index (χ3v) is 2.65. The van der Waals surface area contributed by atoms with Crippen molar-refractivity contribution in [3.8, 4) is 5.75 Å². The van der Waals surface area contributed by atoms with E-state index in [2.05, 4.69) is 10.6 Å². The molecule has 108 valence electrons. The first-order valence-corrected chi connectivity index (χ1v) is 6.25. The largest absolute Gasteiger partial charge is 0.492 e. The van der Waals surface area contributed by atoms with Crippen molar-refractivity contribution < 1.29 is 9.53 Å². The van der Waals surface area contributed by atoms with Crippen LogP contribution >= 0.6 is 12.4 Å². The molecule has 0 bridgehead atoms. The second-order valence-electron chi connectivity index (χ2n) is 4.41. The summed E-state index contributed by atoms with van der Waals surface area (Å²) >= 11 is 0. The lowest BCUT2D eigenvalue weighted by Crippen LogP contribution is -2.36. The Hall–Kier alpha value is -1.26. The van der Waals surface area contributed by atoms with E-state index in [1.807, 2.05) is 45.2 Å². The minimum atomic E-state index is -0.0191. The first kappa shape index (κ1) is 17.7. The molecule has 5 heteroatoms. The maximum Gasteiger partial charge on any atom is 0.224 e. The van der Waals surface area contributed by atoms with Gasteiger partial charge in [0.25, 0.3) is 0 Å². The van der Waals surface area contributed by atoms with Crippen molar-refractivity contribution in [3.05, 3.63) is 29.8 Å². The number of halogens is 1. The Bertz CT molecular complexity index is 368. The minimum Gasteiger partial charge on any atom is -0.492 e. The molecule has 1 rings (SSSR count). The quantitative estimate of drug-likeness (QED) is 0.751. The van der Waals surface area contributed by atoms with Crippen LogP contribution in [0.4, 0.5) is 0 Å². The number of aryl methyl sites for hydroxylation is 1. The Kier molecular flexibility index (Phi) is 9.00. The number of carbonyl (C=O) groups is 1. The van der Waals surface area contributed by atoms with Crippen LogP contribution in [0, 0.1) is 12.8 Å². The van der Waals surface area contributed by atoms with Crippen molar-refractivity contribution in [3.63, 3.8) is 0 Å². The smallest absolute Gasteiger partial charge is 0.224 e. The highest BCUT2D eigenvalue weighted by Gasteiger charge is 2.10. The van der Waals surface area contributed by atoms with Gasteiger partial charge in [0, 0.05) is 12.5 Å². The number of carbonyl (C=O) groups excluding carboxylic acids is 1. The van der Waals surface area contributed by atoms with Gasteiger partial charge in [0.15, 0.2) is 0 Å². The minimum absolute atomic E-state index is 0. The number of hydrogen-bond acceptors (Lipinski definition) is 3. The van der Waals surface area contributed by atoms with Gasteiger partial charge in [-0.15, -0.1) is 12.4 Å². The van der Waals surface area contributed by atoms with Crippen molar-refractivity contribution in [2.45, 2.75) is 13.8 Å². The highest BCUT2D eigenvalue weighted by atomic mass is 35.5. The first-order chi connectivity index (χ1) is 8.63. The predicted octanol–water partition coefficient (Wildman–Crippen LogP) is 1.77. The number of rotatable bonds is 7. The predicted molar refractivity (Wildman–Crippen MR) is 80.0 cm³/mol. The third-order valence-electron chi connectivity index (χ3n) is 2.65. The zero-order chi connectivity index (χ0) is 13.4. The van der Waals surface area contributed by atoms with Gasteiger partial charge in [0.2, 0.25) is 5.91 Å². The van der Waals surface area contributed by atoms with E-state index in [1.54, 1.807) is 0 Å². The summed E-state index contributed by atoms with van der Waals surface area (Å²) in [7, 11) is 1.84. The highest BCUT2D eigenvalue weighted by molar-refractivity contribution is 5.85. The molecule has 0 aliphatic heterocycles. The van der Waals surface area contributed by atoms with E-state index in [0.29, 0.717) is 19.7 Å². The van der Waals surface area contributed by atoms with Crippen molar-refractivity contribution >= 4 is 18.3 Å². The molecule has 0 aliphatic rings. The highest BCUT2D eigenvalue weighted by Crippen LogP contribution is 2.10. The zero-order valence-electron chi connectivity index (χ0n) is 11.7. The Balaban J connectivity index is 0.00000324. The van der Waals surface area contributed by atoms with E-state index < -0.39 is 0 Å². The lowest BCUT2D eigenvalue weighted by molar-refractivity contribution is -0.124. The molecule has 19 heavy (non-hydrogen) atoms. The van der Waals surface area contributed by atoms with E-state index >= 15 is 0 Å². The standard InChI is InChI=1S/C14H22N2O2.ClH/c1-11-4-6-13(7-5-11)18-9-8-16-14(17)12(2)10-15-3;/h4-7,12,15H,8-10H2,1-3H3,(H,16,17);1H. The summed E-state index contributed by atoms with van der Waals surface area (Å²) in [5.74, 6) is 0.865. The number of amides is 1. The van der Waals surface area contributed by atoms with Crippen LogP contribution < -0.4 is 15.4 Å². The molecular formula is C14H23ClN2O2. The lowest BCUT2D eigenvalue weighted by atomic mass is 10.1. The van der Waals surface area contributed by atoms with Crippen molar-refractivity contribution in [1.82, 2.24) is 10.6 Å². The summed E-state index contributed by atoms with van der Waals surface area (Å²) in [6, 6.07) is 7.87. The van der Waals surface area contributed by atoms with Crippen LogP contribution in [0.2, 0.25) is 0 Å². The van der Waals surface area contributed by atoms with Gasteiger partial charge in [-0.2, -0.15) is 0 Å². The van der Waals surface area contributed by atoms with Crippen LogP contribution in [0.5, 0.6) is 5.75 Å². The van der Waals surface area contributed by atoms with Gasteiger partial charge in [-0.3, -0.25) is 4.79 Å². The Labute approximate surface area is 121 Å². The molecule has 0 radical (unpaired) electrons. The maximum atomic E-state index is 11.6. The van der Waals surface area contributed by atoms with Crippen LogP contribution in [-0.4, -0.2) is 32.7 Å². The Morgan fingerprint density at radius 3 is 2.53 bits per heavy atom. The Morgan fingerprint density at radius 1 is 1.32 bits per heavy atom. The van der Waals surface area contributed by atoms with Gasteiger partial charge in [-0.1, -0.05) is 24.6 Å². The molecule has 0 heterocycles. The fraction of sp³-hybridized carbons (Fsp3) is 0.500. The second kappa shape index (κ2) is 9.64. The van der Waals surface area contributed by atoms with Crippen LogP contribution in [0.15, 0.2) is 24.3 Å². The van der Waals surface area contributed by atoms with Crippen LogP contribution in [0.3, 0.4) is 0 Å². The molecule has 2 N–H and O–H groups in total. The molecule has 0 aromatic heterocycles. The van der Waals surface area contributed by atoms with E-state index in [-0.39, 0.29) is 24.2 Å². The number of ether oxygens (including phenoxy) is 1. The van der Waals surface area contributed by atoms with Crippen LogP contribution in [0.1, 0.15) is 12.5 Å². The van der Waals surface area contributed by atoms with Crippen molar-refractivity contribution in [2.75, 3.05) is 26.7 Å². The summed E-state index contributed by atoms with van der Waals surface area (Å²) in [4.78, 5) is 11.6. The molecule has 0 saturated heterocycles.